The molecule has 1 aliphatic heterocycles. The fraction of sp³-hybridized carbons (Fsp3) is 0.261. The number of fused-ring (bicyclic) bond motifs is 1. The van der Waals surface area contributed by atoms with E-state index in [2.05, 4.69) is 5.32 Å². The van der Waals surface area contributed by atoms with Gasteiger partial charge in [-0.2, -0.15) is 0 Å². The molecule has 0 saturated carbocycles. The molecule has 2 amide bonds. The van der Waals surface area contributed by atoms with E-state index in [9.17, 15) is 14.4 Å². The SMILES string of the molecule is O=C(Nc1cccc2c(=O)n(CCCN3CCCC3=O)ccc12)c1cc(Cl)ccc1Cl. The van der Waals surface area contributed by atoms with E-state index in [1.165, 1.54) is 6.07 Å². The van der Waals surface area contributed by atoms with Crippen LogP contribution in [0.1, 0.15) is 29.6 Å². The van der Waals surface area contributed by atoms with Crippen LogP contribution in [0.5, 0.6) is 0 Å². The Morgan fingerprint density at radius 1 is 1.03 bits per heavy atom. The summed E-state index contributed by atoms with van der Waals surface area (Å²) in [4.78, 5) is 39.2. The van der Waals surface area contributed by atoms with Crippen molar-refractivity contribution in [2.24, 2.45) is 0 Å². The molecule has 2 aromatic carbocycles. The molecule has 8 heteroatoms. The van der Waals surface area contributed by atoms with E-state index in [0.717, 1.165) is 13.0 Å². The first kappa shape index (κ1) is 21.4. The zero-order valence-corrected chi connectivity index (χ0v) is 18.2. The Kier molecular flexibility index (Phi) is 6.30. The van der Waals surface area contributed by atoms with E-state index in [4.69, 9.17) is 23.2 Å². The molecule has 0 aliphatic carbocycles. The summed E-state index contributed by atoms with van der Waals surface area (Å²) >= 11 is 12.1. The lowest BCUT2D eigenvalue weighted by molar-refractivity contribution is -0.127. The van der Waals surface area contributed by atoms with Crippen LogP contribution in [0, 0.1) is 0 Å². The van der Waals surface area contributed by atoms with Crippen LogP contribution in [0.15, 0.2) is 53.5 Å². The minimum absolute atomic E-state index is 0.137. The average molecular weight is 458 g/mol. The van der Waals surface area contributed by atoms with Gasteiger partial charge in [0.05, 0.1) is 10.6 Å². The van der Waals surface area contributed by atoms with E-state index in [1.807, 2.05) is 11.0 Å². The predicted molar refractivity (Wildman–Crippen MR) is 123 cm³/mol. The van der Waals surface area contributed by atoms with E-state index >= 15 is 0 Å². The lowest BCUT2D eigenvalue weighted by Gasteiger charge is -2.16. The van der Waals surface area contributed by atoms with Gasteiger partial charge in [-0.15, -0.1) is 0 Å². The van der Waals surface area contributed by atoms with E-state index in [1.54, 1.807) is 41.1 Å². The van der Waals surface area contributed by atoms with Crippen molar-refractivity contribution in [3.63, 3.8) is 0 Å². The van der Waals surface area contributed by atoms with Crippen LogP contribution in [0.4, 0.5) is 5.69 Å². The molecule has 160 valence electrons. The Bertz CT molecular complexity index is 1220. The van der Waals surface area contributed by atoms with Gasteiger partial charge in [-0.3, -0.25) is 14.4 Å². The number of halogens is 2. The molecule has 1 aromatic heterocycles. The molecule has 0 spiro atoms. The van der Waals surface area contributed by atoms with Crippen molar-refractivity contribution >= 4 is 51.5 Å². The number of benzene rings is 2. The smallest absolute Gasteiger partial charge is 0.258 e. The van der Waals surface area contributed by atoms with Crippen molar-refractivity contribution in [3.05, 3.63) is 74.6 Å². The number of carbonyl (C=O) groups is 2. The second-order valence-electron chi connectivity index (χ2n) is 7.50. The standard InChI is InChI=1S/C23H21Cl2N3O3/c24-15-7-8-19(25)18(14-15)22(30)26-20-5-1-4-17-16(20)9-13-28(23(17)31)12-3-11-27-10-2-6-21(27)29/h1,4-5,7-9,13-14H,2-3,6,10-12H2,(H,26,30). The molecule has 0 bridgehead atoms. The predicted octanol–water partition coefficient (Wildman–Crippen LogP) is 4.57. The van der Waals surface area contributed by atoms with Gasteiger partial charge in [0.1, 0.15) is 0 Å². The van der Waals surface area contributed by atoms with E-state index in [-0.39, 0.29) is 17.0 Å². The highest BCUT2D eigenvalue weighted by molar-refractivity contribution is 6.36. The Hall–Kier alpha value is -2.83. The lowest BCUT2D eigenvalue weighted by atomic mass is 10.1. The summed E-state index contributed by atoms with van der Waals surface area (Å²) in [6, 6.07) is 11.7. The topological polar surface area (TPSA) is 71.4 Å². The van der Waals surface area contributed by atoms with Crippen molar-refractivity contribution in [1.82, 2.24) is 9.47 Å². The highest BCUT2D eigenvalue weighted by atomic mass is 35.5. The minimum Gasteiger partial charge on any atom is -0.343 e. The number of rotatable bonds is 6. The minimum atomic E-state index is -0.403. The van der Waals surface area contributed by atoms with Crippen molar-refractivity contribution < 1.29 is 9.59 Å². The first-order valence-electron chi connectivity index (χ1n) is 10.1. The quantitative estimate of drug-likeness (QED) is 0.588. The zero-order chi connectivity index (χ0) is 22.0. The van der Waals surface area contributed by atoms with E-state index in [0.29, 0.717) is 52.4 Å². The Morgan fingerprint density at radius 3 is 2.65 bits per heavy atom. The number of pyridine rings is 1. The number of nitrogens with one attached hydrogen (secondary N) is 1. The number of hydrogen-bond donors (Lipinski definition) is 1. The fourth-order valence-electron chi connectivity index (χ4n) is 3.84. The highest BCUT2D eigenvalue weighted by Crippen LogP contribution is 2.25. The fourth-order valence-corrected chi connectivity index (χ4v) is 4.21. The van der Waals surface area contributed by atoms with Crippen molar-refractivity contribution in [2.75, 3.05) is 18.4 Å². The third-order valence-electron chi connectivity index (χ3n) is 5.44. The molecule has 6 nitrogen and oxygen atoms in total. The van der Waals surface area contributed by atoms with Gasteiger partial charge < -0.3 is 14.8 Å². The molecular weight excluding hydrogens is 437 g/mol. The Morgan fingerprint density at radius 2 is 1.87 bits per heavy atom. The Labute approximate surface area is 189 Å². The molecule has 0 radical (unpaired) electrons. The number of aryl methyl sites for hydroxylation is 1. The summed E-state index contributed by atoms with van der Waals surface area (Å²) in [5, 5.41) is 4.68. The van der Waals surface area contributed by atoms with Gasteiger partial charge in [-0.05, 0) is 49.2 Å². The molecule has 1 saturated heterocycles. The average Bonchev–Trinajstić information content (AvgIpc) is 3.16. The second-order valence-corrected chi connectivity index (χ2v) is 8.34. The molecule has 31 heavy (non-hydrogen) atoms. The normalized spacial score (nSPS) is 13.7. The van der Waals surface area contributed by atoms with Crippen LogP contribution in [-0.2, 0) is 11.3 Å². The molecular formula is C23H21Cl2N3O3. The monoisotopic (exact) mass is 457 g/mol. The maximum Gasteiger partial charge on any atom is 0.258 e. The maximum atomic E-state index is 13.0. The number of amides is 2. The Balaban J connectivity index is 1.54. The zero-order valence-electron chi connectivity index (χ0n) is 16.7. The molecule has 0 atom stereocenters. The number of carbonyl (C=O) groups excluding carboxylic acids is 2. The number of nitrogens with zero attached hydrogens (tertiary/aromatic N) is 2. The lowest BCUT2D eigenvalue weighted by Crippen LogP contribution is -2.28. The van der Waals surface area contributed by atoms with Gasteiger partial charge in [0.2, 0.25) is 5.91 Å². The first-order valence-corrected chi connectivity index (χ1v) is 10.9. The third-order valence-corrected chi connectivity index (χ3v) is 6.00. The number of hydrogen-bond acceptors (Lipinski definition) is 3. The van der Waals surface area contributed by atoms with Crippen LogP contribution < -0.4 is 10.9 Å². The number of aromatic nitrogens is 1. The molecule has 3 aromatic rings. The van der Waals surface area contributed by atoms with Crippen molar-refractivity contribution in [1.29, 1.82) is 0 Å². The van der Waals surface area contributed by atoms with Crippen molar-refractivity contribution in [3.8, 4) is 0 Å². The van der Waals surface area contributed by atoms with Crippen LogP contribution in [0.3, 0.4) is 0 Å². The highest BCUT2D eigenvalue weighted by Gasteiger charge is 2.19. The number of likely N-dealkylation sites (tertiary alicyclic amines) is 1. The summed E-state index contributed by atoms with van der Waals surface area (Å²) in [6.07, 6.45) is 3.95. The van der Waals surface area contributed by atoms with Crippen molar-refractivity contribution in [2.45, 2.75) is 25.8 Å². The molecule has 2 heterocycles. The molecule has 1 aliphatic rings. The maximum absolute atomic E-state index is 13.0. The van der Waals surface area contributed by atoms with Crippen LogP contribution in [0.25, 0.3) is 10.8 Å². The van der Waals surface area contributed by atoms with Gasteiger partial charge in [-0.25, -0.2) is 0 Å². The van der Waals surface area contributed by atoms with Gasteiger partial charge >= 0.3 is 0 Å². The molecule has 4 rings (SSSR count). The molecule has 1 fully saturated rings. The van der Waals surface area contributed by atoms with Gasteiger partial charge in [0, 0.05) is 53.7 Å². The summed E-state index contributed by atoms with van der Waals surface area (Å²) in [6.45, 7) is 1.97. The van der Waals surface area contributed by atoms with Gasteiger partial charge in [0.15, 0.2) is 0 Å². The molecule has 1 N–H and O–H groups in total. The molecule has 0 unspecified atom stereocenters. The van der Waals surface area contributed by atoms with Crippen LogP contribution in [0.2, 0.25) is 10.0 Å². The summed E-state index contributed by atoms with van der Waals surface area (Å²) in [5.41, 5.74) is 0.642. The number of anilines is 1. The van der Waals surface area contributed by atoms with E-state index < -0.39 is 5.91 Å². The van der Waals surface area contributed by atoms with Crippen LogP contribution in [-0.4, -0.2) is 34.4 Å². The van der Waals surface area contributed by atoms with Gasteiger partial charge in [0.25, 0.3) is 11.5 Å². The largest absolute Gasteiger partial charge is 0.343 e. The second kappa shape index (κ2) is 9.12. The third kappa shape index (κ3) is 4.60. The first-order chi connectivity index (χ1) is 14.9. The van der Waals surface area contributed by atoms with Crippen LogP contribution >= 0.6 is 23.2 Å². The summed E-state index contributed by atoms with van der Waals surface area (Å²) in [7, 11) is 0. The summed E-state index contributed by atoms with van der Waals surface area (Å²) < 4.78 is 1.64. The summed E-state index contributed by atoms with van der Waals surface area (Å²) in [5.74, 6) is -0.217. The van der Waals surface area contributed by atoms with Gasteiger partial charge in [-0.1, -0.05) is 29.3 Å².